The SMILES string of the molecule is Cc1ccc(CNC(=O)c2ccc(Cl)c(S(=O)(=O)N3CCCC(C)C3)c2)cc1F. The zero-order chi connectivity index (χ0) is 21.2. The van der Waals surface area contributed by atoms with Gasteiger partial charge >= 0.3 is 0 Å². The standard InChI is InChI=1S/C21H24ClFN2O3S/c1-14-4-3-9-25(13-14)29(27,28)20-11-17(7-8-18(20)22)21(26)24-12-16-6-5-15(2)19(23)10-16/h5-8,10-11,14H,3-4,9,12-13H2,1-2H3,(H,24,26). The largest absolute Gasteiger partial charge is 0.348 e. The van der Waals surface area contributed by atoms with E-state index in [9.17, 15) is 17.6 Å². The number of nitrogens with one attached hydrogen (secondary N) is 1. The van der Waals surface area contributed by atoms with Crippen molar-refractivity contribution in [3.63, 3.8) is 0 Å². The van der Waals surface area contributed by atoms with Crippen LogP contribution in [0, 0.1) is 18.7 Å². The van der Waals surface area contributed by atoms with E-state index in [1.807, 2.05) is 6.92 Å². The fraction of sp³-hybridized carbons (Fsp3) is 0.381. The second kappa shape index (κ2) is 8.81. The second-order valence-corrected chi connectivity index (χ2v) is 9.84. The lowest BCUT2D eigenvalue weighted by molar-refractivity contribution is 0.0950. The van der Waals surface area contributed by atoms with Crippen molar-refractivity contribution in [1.29, 1.82) is 0 Å². The van der Waals surface area contributed by atoms with E-state index in [0.29, 0.717) is 24.2 Å². The molecule has 2 aromatic rings. The Kier molecular flexibility index (Phi) is 6.61. The van der Waals surface area contributed by atoms with Crippen LogP contribution in [0.4, 0.5) is 4.39 Å². The summed E-state index contributed by atoms with van der Waals surface area (Å²) in [5.74, 6) is -0.517. The zero-order valence-corrected chi connectivity index (χ0v) is 18.0. The predicted octanol–water partition coefficient (Wildman–Crippen LogP) is 4.14. The van der Waals surface area contributed by atoms with Gasteiger partial charge in [-0.25, -0.2) is 12.8 Å². The Labute approximate surface area is 175 Å². The summed E-state index contributed by atoms with van der Waals surface area (Å²) in [7, 11) is -3.79. The number of aryl methyl sites for hydroxylation is 1. The number of hydrogen-bond acceptors (Lipinski definition) is 3. The topological polar surface area (TPSA) is 66.5 Å². The van der Waals surface area contributed by atoms with Gasteiger partial charge in [0, 0.05) is 25.2 Å². The number of carbonyl (C=O) groups is 1. The van der Waals surface area contributed by atoms with Gasteiger partial charge in [0.05, 0.1) is 5.02 Å². The van der Waals surface area contributed by atoms with Crippen molar-refractivity contribution in [2.24, 2.45) is 5.92 Å². The fourth-order valence-corrected chi connectivity index (χ4v) is 5.48. The van der Waals surface area contributed by atoms with Crippen LogP contribution in [0.2, 0.25) is 5.02 Å². The number of benzene rings is 2. The Bertz CT molecular complexity index is 1030. The lowest BCUT2D eigenvalue weighted by atomic mass is 10.0. The van der Waals surface area contributed by atoms with Crippen LogP contribution in [0.1, 0.15) is 41.3 Å². The Morgan fingerprint density at radius 2 is 2.03 bits per heavy atom. The fourth-order valence-electron chi connectivity index (χ4n) is 3.38. The van der Waals surface area contributed by atoms with Crippen LogP contribution < -0.4 is 5.32 Å². The molecule has 5 nitrogen and oxygen atoms in total. The molecule has 1 N–H and O–H groups in total. The molecule has 2 aromatic carbocycles. The van der Waals surface area contributed by atoms with E-state index in [-0.39, 0.29) is 33.8 Å². The highest BCUT2D eigenvalue weighted by Crippen LogP contribution is 2.29. The number of rotatable bonds is 5. The van der Waals surface area contributed by atoms with Crippen molar-refractivity contribution >= 4 is 27.5 Å². The van der Waals surface area contributed by atoms with E-state index in [2.05, 4.69) is 5.32 Å². The molecule has 0 saturated carbocycles. The van der Waals surface area contributed by atoms with Crippen LogP contribution in [0.25, 0.3) is 0 Å². The van der Waals surface area contributed by atoms with E-state index in [0.717, 1.165) is 12.8 Å². The van der Waals surface area contributed by atoms with Gasteiger partial charge in [-0.1, -0.05) is 30.7 Å². The van der Waals surface area contributed by atoms with Gasteiger partial charge < -0.3 is 5.32 Å². The number of carbonyl (C=O) groups excluding carboxylic acids is 1. The molecule has 8 heteroatoms. The van der Waals surface area contributed by atoms with Crippen molar-refractivity contribution in [2.45, 2.75) is 38.1 Å². The molecule has 0 radical (unpaired) electrons. The second-order valence-electron chi connectivity index (χ2n) is 7.52. The van der Waals surface area contributed by atoms with Crippen LogP contribution in [-0.4, -0.2) is 31.7 Å². The number of halogens is 2. The van der Waals surface area contributed by atoms with Crippen molar-refractivity contribution in [3.8, 4) is 0 Å². The number of amides is 1. The minimum Gasteiger partial charge on any atom is -0.348 e. The van der Waals surface area contributed by atoms with Gasteiger partial charge in [0.1, 0.15) is 10.7 Å². The molecule has 1 aliphatic rings. The predicted molar refractivity (Wildman–Crippen MR) is 111 cm³/mol. The highest BCUT2D eigenvalue weighted by molar-refractivity contribution is 7.89. The molecule has 3 rings (SSSR count). The van der Waals surface area contributed by atoms with E-state index < -0.39 is 15.9 Å². The smallest absolute Gasteiger partial charge is 0.251 e. The maximum absolute atomic E-state index is 13.7. The monoisotopic (exact) mass is 438 g/mol. The van der Waals surface area contributed by atoms with E-state index in [1.165, 1.54) is 28.6 Å². The van der Waals surface area contributed by atoms with Crippen LogP contribution >= 0.6 is 11.6 Å². The molecule has 1 unspecified atom stereocenters. The molecule has 1 aliphatic heterocycles. The summed E-state index contributed by atoms with van der Waals surface area (Å²) in [4.78, 5) is 12.5. The summed E-state index contributed by atoms with van der Waals surface area (Å²) in [6.07, 6.45) is 1.78. The average Bonchev–Trinajstić information content (AvgIpc) is 2.69. The van der Waals surface area contributed by atoms with E-state index >= 15 is 0 Å². The third-order valence-corrected chi connectivity index (χ3v) is 7.47. The highest BCUT2D eigenvalue weighted by atomic mass is 35.5. The number of nitrogens with zero attached hydrogens (tertiary/aromatic N) is 1. The van der Waals surface area contributed by atoms with Gasteiger partial charge in [-0.05, 0) is 61.1 Å². The Morgan fingerprint density at radius 3 is 2.72 bits per heavy atom. The van der Waals surface area contributed by atoms with Crippen LogP contribution in [-0.2, 0) is 16.6 Å². The lowest BCUT2D eigenvalue weighted by Crippen LogP contribution is -2.39. The minimum atomic E-state index is -3.79. The van der Waals surface area contributed by atoms with Crippen molar-refractivity contribution < 1.29 is 17.6 Å². The summed E-state index contributed by atoms with van der Waals surface area (Å²) < 4.78 is 41.2. The Balaban J connectivity index is 1.78. The molecule has 0 aliphatic carbocycles. The zero-order valence-electron chi connectivity index (χ0n) is 16.4. The van der Waals surface area contributed by atoms with Crippen LogP contribution in [0.5, 0.6) is 0 Å². The first kappa shape index (κ1) is 21.7. The molecule has 156 valence electrons. The van der Waals surface area contributed by atoms with Gasteiger partial charge in [-0.3, -0.25) is 4.79 Å². The normalized spacial score (nSPS) is 17.9. The van der Waals surface area contributed by atoms with E-state index in [4.69, 9.17) is 11.6 Å². The molecule has 1 atom stereocenters. The number of piperidine rings is 1. The van der Waals surface area contributed by atoms with Gasteiger partial charge in [-0.2, -0.15) is 4.31 Å². The maximum Gasteiger partial charge on any atom is 0.251 e. The molecule has 1 amide bonds. The van der Waals surface area contributed by atoms with Crippen LogP contribution in [0.15, 0.2) is 41.3 Å². The molecule has 0 aromatic heterocycles. The van der Waals surface area contributed by atoms with Crippen molar-refractivity contribution in [3.05, 3.63) is 63.9 Å². The summed E-state index contributed by atoms with van der Waals surface area (Å²) >= 11 is 6.17. The molecular weight excluding hydrogens is 415 g/mol. The van der Waals surface area contributed by atoms with Gasteiger partial charge in [0.15, 0.2) is 0 Å². The minimum absolute atomic E-state index is 0.0673. The third-order valence-electron chi connectivity index (χ3n) is 5.12. The quantitative estimate of drug-likeness (QED) is 0.762. The third kappa shape index (κ3) is 4.97. The molecule has 0 spiro atoms. The molecule has 29 heavy (non-hydrogen) atoms. The van der Waals surface area contributed by atoms with Gasteiger partial charge in [0.25, 0.3) is 5.91 Å². The highest BCUT2D eigenvalue weighted by Gasteiger charge is 2.30. The summed E-state index contributed by atoms with van der Waals surface area (Å²) in [6.45, 7) is 4.69. The van der Waals surface area contributed by atoms with Crippen molar-refractivity contribution in [1.82, 2.24) is 9.62 Å². The van der Waals surface area contributed by atoms with Gasteiger partial charge in [-0.15, -0.1) is 0 Å². The Morgan fingerprint density at radius 1 is 1.28 bits per heavy atom. The van der Waals surface area contributed by atoms with Crippen LogP contribution in [0.3, 0.4) is 0 Å². The molecule has 0 bridgehead atoms. The van der Waals surface area contributed by atoms with E-state index in [1.54, 1.807) is 19.1 Å². The Hall–Kier alpha value is -1.96. The summed E-state index contributed by atoms with van der Waals surface area (Å²) in [5.41, 5.74) is 1.33. The van der Waals surface area contributed by atoms with Gasteiger partial charge in [0.2, 0.25) is 10.0 Å². The number of hydrogen-bond donors (Lipinski definition) is 1. The first-order valence-electron chi connectivity index (χ1n) is 9.51. The first-order chi connectivity index (χ1) is 13.7. The first-order valence-corrected chi connectivity index (χ1v) is 11.3. The molecule has 1 fully saturated rings. The average molecular weight is 439 g/mol. The molecule has 1 saturated heterocycles. The number of sulfonamides is 1. The van der Waals surface area contributed by atoms with Crippen molar-refractivity contribution in [2.75, 3.05) is 13.1 Å². The lowest BCUT2D eigenvalue weighted by Gasteiger charge is -2.30. The molecule has 1 heterocycles. The molecular formula is C21H24ClFN2O3S. The summed E-state index contributed by atoms with van der Waals surface area (Å²) in [6, 6.07) is 8.94. The summed E-state index contributed by atoms with van der Waals surface area (Å²) in [5, 5.41) is 2.77. The maximum atomic E-state index is 13.7.